The van der Waals surface area contributed by atoms with Crippen LogP contribution in [-0.2, 0) is 4.43 Å². The zero-order valence-electron chi connectivity index (χ0n) is 19.1. The number of carbonyl (C=O) groups is 2. The predicted octanol–water partition coefficient (Wildman–Crippen LogP) is 3.13. The monoisotopic (exact) mass is 452 g/mol. The molecule has 3 atom stereocenters. The maximum atomic E-state index is 13.5. The minimum Gasteiger partial charge on any atom is -0.493 e. The topological polar surface area (TPSA) is 109 Å². The van der Waals surface area contributed by atoms with Crippen molar-refractivity contribution in [3.8, 4) is 11.5 Å². The lowest BCUT2D eigenvalue weighted by Crippen LogP contribution is -2.57. The fraction of sp³-hybridized carbons (Fsp3) is 0.619. The Morgan fingerprint density at radius 2 is 1.74 bits per heavy atom. The number of rotatable bonds is 4. The summed E-state index contributed by atoms with van der Waals surface area (Å²) in [5.74, 6) is 0.204. The summed E-state index contributed by atoms with van der Waals surface area (Å²) in [6.07, 6.45) is -2.80. The molecule has 0 spiro atoms. The third-order valence-electron chi connectivity index (χ3n) is 6.68. The minimum atomic E-state index is -2.23. The van der Waals surface area contributed by atoms with Crippen LogP contribution in [0, 0.1) is 0 Å². The molecular formula is C21H32N2O7Si. The van der Waals surface area contributed by atoms with E-state index in [0.29, 0.717) is 18.7 Å². The average molecular weight is 453 g/mol. The van der Waals surface area contributed by atoms with Gasteiger partial charge in [0.2, 0.25) is 0 Å². The van der Waals surface area contributed by atoms with Crippen LogP contribution < -0.4 is 14.4 Å². The summed E-state index contributed by atoms with van der Waals surface area (Å²) in [6, 6.07) is 2.06. The average Bonchev–Trinajstić information content (AvgIpc) is 3.04. The van der Waals surface area contributed by atoms with Crippen molar-refractivity contribution in [3.05, 3.63) is 17.7 Å². The third kappa shape index (κ3) is 3.88. The number of anilines is 1. The molecule has 0 aromatic heterocycles. The van der Waals surface area contributed by atoms with Gasteiger partial charge in [-0.3, -0.25) is 4.79 Å². The van der Waals surface area contributed by atoms with Crippen LogP contribution in [0.25, 0.3) is 0 Å². The van der Waals surface area contributed by atoms with Gasteiger partial charge >= 0.3 is 6.09 Å². The number of ether oxygens (including phenoxy) is 2. The molecule has 172 valence electrons. The van der Waals surface area contributed by atoms with E-state index in [0.717, 1.165) is 4.90 Å². The van der Waals surface area contributed by atoms with Gasteiger partial charge in [-0.2, -0.15) is 0 Å². The van der Waals surface area contributed by atoms with Crippen molar-refractivity contribution in [3.63, 3.8) is 0 Å². The van der Waals surface area contributed by atoms with Gasteiger partial charge in [0, 0.05) is 12.6 Å². The number of aliphatic hydroxyl groups excluding tert-OH is 1. The van der Waals surface area contributed by atoms with Crippen molar-refractivity contribution in [2.24, 2.45) is 0 Å². The van der Waals surface area contributed by atoms with E-state index in [4.69, 9.17) is 13.9 Å². The Balaban J connectivity index is 2.10. The number of methoxy groups -OCH3 is 2. The number of carboxylic acid groups (broad SMARTS) is 1. The number of nitrogens with zero attached hydrogens (tertiary/aromatic N) is 2. The molecular weight excluding hydrogens is 420 g/mol. The van der Waals surface area contributed by atoms with Gasteiger partial charge in [0.1, 0.15) is 6.04 Å². The highest BCUT2D eigenvalue weighted by Crippen LogP contribution is 2.44. The minimum absolute atomic E-state index is 0.0585. The summed E-state index contributed by atoms with van der Waals surface area (Å²) in [7, 11) is 0.636. The molecule has 2 aliphatic rings. The van der Waals surface area contributed by atoms with Crippen LogP contribution in [0.5, 0.6) is 11.5 Å². The molecule has 0 saturated carbocycles. The van der Waals surface area contributed by atoms with Crippen molar-refractivity contribution < 1.29 is 33.7 Å². The maximum absolute atomic E-state index is 13.5. The molecule has 1 saturated heterocycles. The first-order valence-corrected chi connectivity index (χ1v) is 13.2. The van der Waals surface area contributed by atoms with Crippen LogP contribution in [0.2, 0.25) is 18.1 Å². The van der Waals surface area contributed by atoms with E-state index in [9.17, 15) is 19.8 Å². The van der Waals surface area contributed by atoms with E-state index in [2.05, 4.69) is 33.9 Å². The second-order valence-corrected chi connectivity index (χ2v) is 14.2. The Kier molecular flexibility index (Phi) is 6.02. The molecule has 0 radical (unpaired) electrons. The van der Waals surface area contributed by atoms with Crippen molar-refractivity contribution in [1.82, 2.24) is 4.90 Å². The maximum Gasteiger partial charge on any atom is 0.414 e. The quantitative estimate of drug-likeness (QED) is 0.676. The van der Waals surface area contributed by atoms with Crippen LogP contribution in [0.1, 0.15) is 37.6 Å². The Morgan fingerprint density at radius 3 is 2.26 bits per heavy atom. The molecule has 3 rings (SSSR count). The molecule has 2 aliphatic heterocycles. The normalized spacial score (nSPS) is 23.9. The van der Waals surface area contributed by atoms with Crippen molar-refractivity contribution in [1.29, 1.82) is 0 Å². The number of hydrogen-bond acceptors (Lipinski definition) is 6. The molecule has 31 heavy (non-hydrogen) atoms. The van der Waals surface area contributed by atoms with E-state index in [1.807, 2.05) is 0 Å². The summed E-state index contributed by atoms with van der Waals surface area (Å²) in [5.41, 5.74) is 0.192. The first-order valence-electron chi connectivity index (χ1n) is 10.3. The molecule has 10 heteroatoms. The summed E-state index contributed by atoms with van der Waals surface area (Å²) < 4.78 is 17.1. The lowest BCUT2D eigenvalue weighted by molar-refractivity contribution is 0.0202. The molecule has 0 aliphatic carbocycles. The van der Waals surface area contributed by atoms with Gasteiger partial charge in [0.25, 0.3) is 5.91 Å². The molecule has 2 amide bonds. The van der Waals surface area contributed by atoms with Gasteiger partial charge in [-0.25, -0.2) is 9.69 Å². The summed E-state index contributed by atoms with van der Waals surface area (Å²) in [4.78, 5) is 28.0. The SMILES string of the molecule is COc1cc2c(cc1OC)N(C(=O)O)C(O)C1[C@@H](O[Si](C)(C)C(C)(C)C)CCN1C2=O. The number of aliphatic hydroxyl groups is 1. The van der Waals surface area contributed by atoms with Crippen LogP contribution in [0.15, 0.2) is 12.1 Å². The molecule has 1 fully saturated rings. The third-order valence-corrected chi connectivity index (χ3v) is 11.2. The van der Waals surface area contributed by atoms with Gasteiger partial charge in [-0.1, -0.05) is 20.8 Å². The van der Waals surface area contributed by atoms with Crippen molar-refractivity contribution in [2.75, 3.05) is 25.7 Å². The first kappa shape index (κ1) is 23.4. The highest BCUT2D eigenvalue weighted by molar-refractivity contribution is 6.74. The molecule has 1 aromatic rings. The largest absolute Gasteiger partial charge is 0.493 e. The van der Waals surface area contributed by atoms with Gasteiger partial charge in [0.05, 0.1) is 31.6 Å². The highest BCUT2D eigenvalue weighted by atomic mass is 28.4. The van der Waals surface area contributed by atoms with Crippen molar-refractivity contribution in [2.45, 2.75) is 63.7 Å². The van der Waals surface area contributed by atoms with Crippen LogP contribution in [0.4, 0.5) is 10.5 Å². The van der Waals surface area contributed by atoms with Crippen LogP contribution in [0.3, 0.4) is 0 Å². The summed E-state index contributed by atoms with van der Waals surface area (Å²) in [6.45, 7) is 10.9. The molecule has 9 nitrogen and oxygen atoms in total. The second kappa shape index (κ2) is 7.99. The predicted molar refractivity (Wildman–Crippen MR) is 118 cm³/mol. The van der Waals surface area contributed by atoms with Crippen LogP contribution in [-0.4, -0.2) is 74.6 Å². The molecule has 2 heterocycles. The van der Waals surface area contributed by atoms with Crippen LogP contribution >= 0.6 is 0 Å². The number of fused-ring (bicyclic) bond motifs is 2. The Morgan fingerprint density at radius 1 is 1.16 bits per heavy atom. The highest BCUT2D eigenvalue weighted by Gasteiger charge is 2.52. The zero-order valence-corrected chi connectivity index (χ0v) is 20.1. The second-order valence-electron chi connectivity index (χ2n) is 9.48. The smallest absolute Gasteiger partial charge is 0.414 e. The first-order chi connectivity index (χ1) is 14.3. The van der Waals surface area contributed by atoms with E-state index < -0.39 is 32.8 Å². The van der Waals surface area contributed by atoms with Crippen molar-refractivity contribution >= 4 is 26.0 Å². The zero-order chi connectivity index (χ0) is 23.3. The molecule has 2 N–H and O–H groups in total. The molecule has 2 unspecified atom stereocenters. The number of carbonyl (C=O) groups excluding carboxylic acids is 1. The van der Waals surface area contributed by atoms with E-state index in [1.165, 1.54) is 31.3 Å². The molecule has 0 bridgehead atoms. The fourth-order valence-corrected chi connectivity index (χ4v) is 5.33. The molecule has 1 aromatic carbocycles. The van der Waals surface area contributed by atoms with E-state index in [-0.39, 0.29) is 27.9 Å². The fourth-order valence-electron chi connectivity index (χ4n) is 3.97. The Bertz CT molecular complexity index is 883. The standard InChI is InChI=1S/C21H32N2O7Si/c1-21(2,3)31(6,7)30-14-8-9-22-17(14)19(25)23(20(26)27)13-11-16(29-5)15(28-4)10-12(13)18(22)24/h10-11,14,17,19,25H,8-9H2,1-7H3,(H,26,27)/t14-,17?,19?/m0/s1. The number of benzene rings is 1. The number of hydrogen-bond donors (Lipinski definition) is 2. The summed E-state index contributed by atoms with van der Waals surface area (Å²) in [5, 5.41) is 21.1. The lowest BCUT2D eigenvalue weighted by Gasteiger charge is -2.41. The van der Waals surface area contributed by atoms with Gasteiger partial charge < -0.3 is 29.0 Å². The Hall–Kier alpha value is -2.30. The van der Waals surface area contributed by atoms with E-state index in [1.54, 1.807) is 0 Å². The summed E-state index contributed by atoms with van der Waals surface area (Å²) >= 11 is 0. The van der Waals surface area contributed by atoms with E-state index >= 15 is 0 Å². The van der Waals surface area contributed by atoms with Gasteiger partial charge in [0.15, 0.2) is 26.0 Å². The number of amides is 2. The van der Waals surface area contributed by atoms with Gasteiger partial charge in [-0.15, -0.1) is 0 Å². The van der Waals surface area contributed by atoms with Gasteiger partial charge in [-0.05, 0) is 30.6 Å². The lowest BCUT2D eigenvalue weighted by atomic mass is 10.1. The Labute approximate surface area is 183 Å².